The number of nitrogens with one attached hydrogen (secondary N) is 1. The fraction of sp³-hybridized carbons (Fsp3) is 0.214. The van der Waals surface area contributed by atoms with E-state index in [1.165, 1.54) is 5.56 Å². The van der Waals surface area contributed by atoms with E-state index in [0.717, 1.165) is 30.0 Å². The van der Waals surface area contributed by atoms with E-state index < -0.39 is 0 Å². The van der Waals surface area contributed by atoms with Crippen molar-refractivity contribution in [2.24, 2.45) is 0 Å². The van der Waals surface area contributed by atoms with Crippen molar-refractivity contribution < 1.29 is 0 Å². The number of para-hydroxylation sites is 1. The van der Waals surface area contributed by atoms with Crippen LogP contribution in [-0.2, 0) is 6.42 Å². The maximum Gasteiger partial charge on any atom is 0.132 e. The Labute approximate surface area is 102 Å². The van der Waals surface area contributed by atoms with Gasteiger partial charge in [0.15, 0.2) is 0 Å². The van der Waals surface area contributed by atoms with Crippen LogP contribution in [0.3, 0.4) is 0 Å². The number of anilines is 3. The second-order valence-electron chi connectivity index (χ2n) is 4.01. The van der Waals surface area contributed by atoms with Crippen LogP contribution in [0.1, 0.15) is 18.9 Å². The summed E-state index contributed by atoms with van der Waals surface area (Å²) in [5.74, 6) is 0.786. The number of aryl methyl sites for hydroxylation is 1. The number of hydrogen-bond donors (Lipinski definition) is 2. The first kappa shape index (κ1) is 11.5. The summed E-state index contributed by atoms with van der Waals surface area (Å²) >= 11 is 0. The highest BCUT2D eigenvalue weighted by Gasteiger charge is 2.02. The van der Waals surface area contributed by atoms with Gasteiger partial charge < -0.3 is 11.1 Å². The monoisotopic (exact) mass is 227 g/mol. The third kappa shape index (κ3) is 2.97. The fourth-order valence-corrected chi connectivity index (χ4v) is 1.78. The molecule has 17 heavy (non-hydrogen) atoms. The van der Waals surface area contributed by atoms with Crippen LogP contribution in [0.5, 0.6) is 0 Å². The predicted octanol–water partition coefficient (Wildman–Crippen LogP) is 3.36. The van der Waals surface area contributed by atoms with E-state index in [1.807, 2.05) is 12.1 Å². The smallest absolute Gasteiger partial charge is 0.132 e. The Morgan fingerprint density at radius 3 is 2.82 bits per heavy atom. The molecule has 2 rings (SSSR count). The standard InChI is InChI=1S/C14H17N3/c1-2-5-11-6-3-4-7-13(11)17-14-10-12(15)8-9-16-14/h3-4,6-10H,2,5H2,1H3,(H3,15,16,17). The van der Waals surface area contributed by atoms with E-state index >= 15 is 0 Å². The summed E-state index contributed by atoms with van der Waals surface area (Å²) in [6, 6.07) is 11.9. The Hall–Kier alpha value is -2.03. The molecule has 3 heteroatoms. The molecule has 3 N–H and O–H groups in total. The van der Waals surface area contributed by atoms with Gasteiger partial charge in [0.05, 0.1) is 0 Å². The second-order valence-corrected chi connectivity index (χ2v) is 4.01. The van der Waals surface area contributed by atoms with Crippen molar-refractivity contribution in [3.05, 3.63) is 48.2 Å². The molecule has 0 aliphatic carbocycles. The Morgan fingerprint density at radius 1 is 1.24 bits per heavy atom. The molecule has 0 radical (unpaired) electrons. The van der Waals surface area contributed by atoms with E-state index in [-0.39, 0.29) is 0 Å². The number of hydrogen-bond acceptors (Lipinski definition) is 3. The van der Waals surface area contributed by atoms with Crippen molar-refractivity contribution in [2.75, 3.05) is 11.1 Å². The normalized spacial score (nSPS) is 10.2. The lowest BCUT2D eigenvalue weighted by atomic mass is 10.1. The van der Waals surface area contributed by atoms with Crippen LogP contribution < -0.4 is 11.1 Å². The molecule has 3 nitrogen and oxygen atoms in total. The number of nitrogens with two attached hydrogens (primary N) is 1. The van der Waals surface area contributed by atoms with Crippen LogP contribution in [0.25, 0.3) is 0 Å². The summed E-state index contributed by atoms with van der Waals surface area (Å²) in [6.45, 7) is 2.18. The lowest BCUT2D eigenvalue weighted by molar-refractivity contribution is 0.923. The molecule has 88 valence electrons. The zero-order valence-electron chi connectivity index (χ0n) is 9.98. The second kappa shape index (κ2) is 5.34. The zero-order chi connectivity index (χ0) is 12.1. The van der Waals surface area contributed by atoms with Crippen LogP contribution in [-0.4, -0.2) is 4.98 Å². The van der Waals surface area contributed by atoms with Gasteiger partial charge in [0.2, 0.25) is 0 Å². The van der Waals surface area contributed by atoms with Crippen molar-refractivity contribution in [1.29, 1.82) is 0 Å². The maximum atomic E-state index is 5.73. The van der Waals surface area contributed by atoms with Crippen molar-refractivity contribution >= 4 is 17.2 Å². The molecular weight excluding hydrogens is 210 g/mol. The minimum Gasteiger partial charge on any atom is -0.399 e. The molecule has 0 saturated carbocycles. The molecule has 1 heterocycles. The van der Waals surface area contributed by atoms with E-state index in [1.54, 1.807) is 12.3 Å². The number of nitrogen functional groups attached to an aromatic ring is 1. The van der Waals surface area contributed by atoms with Crippen LogP contribution >= 0.6 is 0 Å². The highest BCUT2D eigenvalue weighted by atomic mass is 15.0. The molecule has 0 fully saturated rings. The molecule has 0 amide bonds. The molecule has 0 spiro atoms. The SMILES string of the molecule is CCCc1ccccc1Nc1cc(N)ccn1. The Kier molecular flexibility index (Phi) is 3.60. The molecule has 0 aliphatic rings. The lowest BCUT2D eigenvalue weighted by Crippen LogP contribution is -1.98. The topological polar surface area (TPSA) is 50.9 Å². The highest BCUT2D eigenvalue weighted by Crippen LogP contribution is 2.21. The Morgan fingerprint density at radius 2 is 2.06 bits per heavy atom. The van der Waals surface area contributed by atoms with Gasteiger partial charge >= 0.3 is 0 Å². The summed E-state index contributed by atoms with van der Waals surface area (Å²) in [4.78, 5) is 4.24. The number of nitrogens with zero attached hydrogens (tertiary/aromatic N) is 1. The Bertz CT molecular complexity index is 494. The average molecular weight is 227 g/mol. The summed E-state index contributed by atoms with van der Waals surface area (Å²) in [5, 5.41) is 3.31. The molecule has 0 unspecified atom stereocenters. The van der Waals surface area contributed by atoms with Crippen LogP contribution in [0.4, 0.5) is 17.2 Å². The maximum absolute atomic E-state index is 5.73. The van der Waals surface area contributed by atoms with Gasteiger partial charge in [-0.15, -0.1) is 0 Å². The van der Waals surface area contributed by atoms with Gasteiger partial charge in [0, 0.05) is 23.6 Å². The quantitative estimate of drug-likeness (QED) is 0.842. The van der Waals surface area contributed by atoms with E-state index in [9.17, 15) is 0 Å². The van der Waals surface area contributed by atoms with E-state index in [4.69, 9.17) is 5.73 Å². The number of benzene rings is 1. The largest absolute Gasteiger partial charge is 0.399 e. The van der Waals surface area contributed by atoms with Gasteiger partial charge in [-0.1, -0.05) is 31.5 Å². The lowest BCUT2D eigenvalue weighted by Gasteiger charge is -2.10. The summed E-state index contributed by atoms with van der Waals surface area (Å²) < 4.78 is 0. The van der Waals surface area contributed by atoms with Gasteiger partial charge in [-0.25, -0.2) is 4.98 Å². The van der Waals surface area contributed by atoms with Crippen LogP contribution in [0.15, 0.2) is 42.6 Å². The zero-order valence-corrected chi connectivity index (χ0v) is 9.98. The van der Waals surface area contributed by atoms with Crippen molar-refractivity contribution in [2.45, 2.75) is 19.8 Å². The number of rotatable bonds is 4. The molecule has 0 bridgehead atoms. The van der Waals surface area contributed by atoms with Crippen molar-refractivity contribution in [3.63, 3.8) is 0 Å². The van der Waals surface area contributed by atoms with Crippen LogP contribution in [0.2, 0.25) is 0 Å². The first-order valence-corrected chi connectivity index (χ1v) is 5.86. The fourth-order valence-electron chi connectivity index (χ4n) is 1.78. The first-order chi connectivity index (χ1) is 8.29. The minimum atomic E-state index is 0.718. The first-order valence-electron chi connectivity index (χ1n) is 5.86. The highest BCUT2D eigenvalue weighted by molar-refractivity contribution is 5.62. The molecule has 0 aliphatic heterocycles. The van der Waals surface area contributed by atoms with Crippen molar-refractivity contribution in [3.8, 4) is 0 Å². The Balaban J connectivity index is 2.23. The summed E-state index contributed by atoms with van der Waals surface area (Å²) in [6.07, 6.45) is 3.90. The van der Waals surface area contributed by atoms with Gasteiger partial charge in [-0.3, -0.25) is 0 Å². The molecule has 0 saturated heterocycles. The minimum absolute atomic E-state index is 0.718. The third-order valence-corrected chi connectivity index (χ3v) is 2.58. The number of aromatic nitrogens is 1. The molecule has 0 atom stereocenters. The van der Waals surface area contributed by atoms with E-state index in [2.05, 4.69) is 35.4 Å². The van der Waals surface area contributed by atoms with Gasteiger partial charge in [0.25, 0.3) is 0 Å². The van der Waals surface area contributed by atoms with Gasteiger partial charge in [-0.05, 0) is 24.1 Å². The van der Waals surface area contributed by atoms with Gasteiger partial charge in [-0.2, -0.15) is 0 Å². The van der Waals surface area contributed by atoms with Crippen molar-refractivity contribution in [1.82, 2.24) is 4.98 Å². The van der Waals surface area contributed by atoms with E-state index in [0.29, 0.717) is 0 Å². The number of pyridine rings is 1. The molecule has 1 aromatic carbocycles. The predicted molar refractivity (Wildman–Crippen MR) is 72.4 cm³/mol. The van der Waals surface area contributed by atoms with Crippen LogP contribution in [0, 0.1) is 0 Å². The van der Waals surface area contributed by atoms with Gasteiger partial charge in [0.1, 0.15) is 5.82 Å². The summed E-state index contributed by atoms with van der Waals surface area (Å²) in [7, 11) is 0. The molecule has 1 aromatic heterocycles. The average Bonchev–Trinajstić information content (AvgIpc) is 2.32. The summed E-state index contributed by atoms with van der Waals surface area (Å²) in [5.41, 5.74) is 8.86. The third-order valence-electron chi connectivity index (χ3n) is 2.58. The molecule has 2 aromatic rings. The molecular formula is C14H17N3.